The molecule has 246 valence electrons. The fourth-order valence-electron chi connectivity index (χ4n) is 6.52. The maximum atomic E-state index is 12.0. The Morgan fingerprint density at radius 2 is 0.956 bits per heavy atom. The van der Waals surface area contributed by atoms with Gasteiger partial charge in [-0.2, -0.15) is 0 Å². The lowest BCUT2D eigenvalue weighted by molar-refractivity contribution is -0.344. The molecule has 0 radical (unpaired) electrons. The Hall–Kier alpha value is -2.74. The van der Waals surface area contributed by atoms with Crippen LogP contribution < -0.4 is 0 Å². The molecule has 0 atom stereocenters. The van der Waals surface area contributed by atoms with E-state index in [-0.39, 0.29) is 0 Å². The largest absolute Gasteiger partial charge is 0.493 e. The molecule has 3 rings (SSSR count). The lowest BCUT2D eigenvalue weighted by Crippen LogP contribution is -2.05. The zero-order valence-corrected chi connectivity index (χ0v) is 29.7. The van der Waals surface area contributed by atoms with Crippen LogP contribution in [-0.2, 0) is 25.7 Å². The topological polar surface area (TPSA) is 25.3 Å². The Kier molecular flexibility index (Phi) is 17.2. The molecule has 0 aliphatic carbocycles. The number of hydrogen-bond donors (Lipinski definition) is 0. The van der Waals surface area contributed by atoms with Crippen LogP contribution >= 0.6 is 0 Å². The van der Waals surface area contributed by atoms with Crippen LogP contribution in [0.25, 0.3) is 16.9 Å². The third kappa shape index (κ3) is 12.2. The smallest absolute Gasteiger partial charge is 0.214 e. The van der Waals surface area contributed by atoms with Gasteiger partial charge in [0, 0.05) is 17.2 Å². The Balaban J connectivity index is 2.04. The van der Waals surface area contributed by atoms with Crippen molar-refractivity contribution in [1.29, 1.82) is 0 Å². The Labute approximate surface area is 277 Å². The molecule has 2 heteroatoms. The van der Waals surface area contributed by atoms with Gasteiger partial charge in [-0.25, -0.2) is 4.70 Å². The molecule has 0 unspecified atom stereocenters. The first kappa shape index (κ1) is 36.7. The molecule has 0 fully saturated rings. The summed E-state index contributed by atoms with van der Waals surface area (Å²) in [6, 6.07) is 14.2. The maximum absolute atomic E-state index is 12.0. The van der Waals surface area contributed by atoms with Gasteiger partial charge in [-0.05, 0) is 111 Å². The highest BCUT2D eigenvalue weighted by Gasteiger charge is 2.29. The minimum absolute atomic E-state index is 0.909. The van der Waals surface area contributed by atoms with E-state index in [9.17, 15) is 5.53 Å². The monoisotopic (exact) mass is 609 g/mol. The highest BCUT2D eigenvalue weighted by Crippen LogP contribution is 2.38. The van der Waals surface area contributed by atoms with E-state index in [2.05, 4.69) is 89.2 Å². The summed E-state index contributed by atoms with van der Waals surface area (Å²) in [5.41, 5.74) is 22.9. The van der Waals surface area contributed by atoms with E-state index in [4.69, 9.17) is 0 Å². The van der Waals surface area contributed by atoms with Crippen LogP contribution in [0.3, 0.4) is 0 Å². The van der Waals surface area contributed by atoms with Gasteiger partial charge in [0.25, 0.3) is 0 Å². The van der Waals surface area contributed by atoms with E-state index >= 15 is 0 Å². The number of nitrogens with zero attached hydrogens (tertiary/aromatic N) is 2. The van der Waals surface area contributed by atoms with Crippen molar-refractivity contribution in [2.24, 2.45) is 0 Å². The Morgan fingerprint density at radius 3 is 1.44 bits per heavy atom. The van der Waals surface area contributed by atoms with Crippen LogP contribution in [-0.4, -0.2) is 4.70 Å². The second kappa shape index (κ2) is 21.1. The summed E-state index contributed by atoms with van der Waals surface area (Å²) in [5.74, 6) is 0. The van der Waals surface area contributed by atoms with Gasteiger partial charge in [-0.15, -0.1) is 0 Å². The predicted octanol–water partition coefficient (Wildman–Crippen LogP) is 13.6. The zero-order chi connectivity index (χ0) is 32.3. The quantitative estimate of drug-likeness (QED) is 0.0886. The molecule has 0 saturated carbocycles. The second-order valence-corrected chi connectivity index (χ2v) is 13.4. The minimum atomic E-state index is 0.909. The molecule has 1 aliphatic rings. The summed E-state index contributed by atoms with van der Waals surface area (Å²) in [5, 5.41) is 0. The van der Waals surface area contributed by atoms with Crippen molar-refractivity contribution in [3.05, 3.63) is 99.1 Å². The van der Waals surface area contributed by atoms with Crippen LogP contribution in [0.1, 0.15) is 171 Å². The van der Waals surface area contributed by atoms with Gasteiger partial charge in [-0.1, -0.05) is 123 Å². The van der Waals surface area contributed by atoms with Crippen LogP contribution in [0.2, 0.25) is 0 Å². The van der Waals surface area contributed by atoms with Crippen molar-refractivity contribution in [3.8, 4) is 0 Å². The van der Waals surface area contributed by atoms with Crippen LogP contribution in [0.15, 0.2) is 60.2 Å². The average Bonchev–Trinajstić information content (AvgIpc) is 3.38. The van der Waals surface area contributed by atoms with Crippen LogP contribution in [0.5, 0.6) is 0 Å². The zero-order valence-electron chi connectivity index (χ0n) is 29.7. The molecule has 0 aromatic heterocycles. The Bertz CT molecular complexity index is 1220. The summed E-state index contributed by atoms with van der Waals surface area (Å²) in [4.78, 5) is 0. The first-order valence-corrected chi connectivity index (χ1v) is 18.9. The molecule has 0 spiro atoms. The van der Waals surface area contributed by atoms with Gasteiger partial charge in [-0.3, -0.25) is 0 Å². The van der Waals surface area contributed by atoms with Gasteiger partial charge in [0.15, 0.2) is 0 Å². The lowest BCUT2D eigenvalue weighted by Gasteiger charge is -2.14. The predicted molar refractivity (Wildman–Crippen MR) is 198 cm³/mol. The maximum Gasteiger partial charge on any atom is 0.214 e. The highest BCUT2D eigenvalue weighted by molar-refractivity contribution is 5.81. The molecule has 2 nitrogen and oxygen atoms in total. The summed E-state index contributed by atoms with van der Waals surface area (Å²) >= 11 is 0. The number of benzene rings is 2. The third-order valence-corrected chi connectivity index (χ3v) is 9.23. The molecule has 2 aromatic carbocycles. The standard InChI is InChI=1S/C43H64N2/c1-6-11-16-19-22-27-39-34-42(40-30-35(23-14-9-4)28-36(31-40)24-15-10-5)45(44)43(39)41-32-37(25-20-17-12-7-2)29-38(33-41)26-21-18-13-8-3/h22,27-34H,6-21,23-26H2,1-5H3. The summed E-state index contributed by atoms with van der Waals surface area (Å²) < 4.78 is 1.52. The molecule has 0 bridgehead atoms. The van der Waals surface area contributed by atoms with E-state index in [0.29, 0.717) is 0 Å². The molecule has 0 saturated heterocycles. The highest BCUT2D eigenvalue weighted by atomic mass is 15.2. The fraction of sp³-hybridized carbons (Fsp3) is 0.581. The molecule has 0 N–H and O–H groups in total. The summed E-state index contributed by atoms with van der Waals surface area (Å²) in [7, 11) is 0. The average molecular weight is 609 g/mol. The van der Waals surface area contributed by atoms with E-state index in [0.717, 1.165) is 60.2 Å². The van der Waals surface area contributed by atoms with Crippen molar-refractivity contribution in [2.45, 2.75) is 163 Å². The van der Waals surface area contributed by atoms with Crippen molar-refractivity contribution in [3.63, 3.8) is 0 Å². The molecule has 1 heterocycles. The number of rotatable bonds is 23. The van der Waals surface area contributed by atoms with Gasteiger partial charge in [0.05, 0.1) is 5.57 Å². The number of aryl methyl sites for hydroxylation is 4. The number of unbranched alkanes of at least 4 members (excludes halogenated alkanes) is 11. The van der Waals surface area contributed by atoms with Crippen LogP contribution in [0, 0.1) is 0 Å². The molecule has 45 heavy (non-hydrogen) atoms. The van der Waals surface area contributed by atoms with E-state index in [1.54, 1.807) is 0 Å². The fourth-order valence-corrected chi connectivity index (χ4v) is 6.52. The van der Waals surface area contributed by atoms with E-state index in [1.807, 2.05) is 0 Å². The van der Waals surface area contributed by atoms with Gasteiger partial charge in [0.2, 0.25) is 11.4 Å². The van der Waals surface area contributed by atoms with E-state index in [1.165, 1.54) is 123 Å². The van der Waals surface area contributed by atoms with Gasteiger partial charge >= 0.3 is 0 Å². The third-order valence-electron chi connectivity index (χ3n) is 9.23. The van der Waals surface area contributed by atoms with Crippen molar-refractivity contribution < 1.29 is 4.70 Å². The SMILES string of the molecule is CCCCCC=CC1=C(c2cc(CCCCCC)cc(CCCCCC)c2)[N+](=[N-])C(c2cc(CCCC)cc(CCCC)c2)=C1. The first-order chi connectivity index (χ1) is 22.0. The van der Waals surface area contributed by atoms with E-state index < -0.39 is 0 Å². The van der Waals surface area contributed by atoms with Gasteiger partial charge < -0.3 is 5.53 Å². The second-order valence-electron chi connectivity index (χ2n) is 13.4. The summed E-state index contributed by atoms with van der Waals surface area (Å²) in [6.45, 7) is 11.4. The Morgan fingerprint density at radius 1 is 0.511 bits per heavy atom. The van der Waals surface area contributed by atoms with Crippen molar-refractivity contribution in [2.75, 3.05) is 0 Å². The molecular weight excluding hydrogens is 544 g/mol. The van der Waals surface area contributed by atoms with Gasteiger partial charge in [0.1, 0.15) is 0 Å². The molecule has 1 aliphatic heterocycles. The lowest BCUT2D eigenvalue weighted by atomic mass is 9.95. The summed E-state index contributed by atoms with van der Waals surface area (Å²) in [6.07, 6.45) is 30.9. The molecular formula is C43H64N2. The first-order valence-electron chi connectivity index (χ1n) is 18.9. The normalized spacial score (nSPS) is 13.4. The number of allylic oxidation sites excluding steroid dienone is 4. The van der Waals surface area contributed by atoms with Crippen molar-refractivity contribution >= 4 is 11.4 Å². The van der Waals surface area contributed by atoms with Crippen LogP contribution in [0.4, 0.5) is 0 Å². The number of hydrogen-bond acceptors (Lipinski definition) is 0. The minimum Gasteiger partial charge on any atom is -0.493 e. The van der Waals surface area contributed by atoms with Crippen molar-refractivity contribution in [1.82, 2.24) is 0 Å². The molecule has 2 aromatic rings. The molecule has 0 amide bonds.